The quantitative estimate of drug-likeness (QED) is 0.106. The number of hydrogen-bond donors (Lipinski definition) is 2. The number of nitrogens with one attached hydrogen (secondary N) is 1. The molecule has 0 heterocycles. The van der Waals surface area contributed by atoms with Crippen LogP contribution in [0.25, 0.3) is 0 Å². The van der Waals surface area contributed by atoms with E-state index in [-0.39, 0.29) is 22.7 Å². The third-order valence-electron chi connectivity index (χ3n) is 4.40. The molecule has 164 valence electrons. The summed E-state index contributed by atoms with van der Waals surface area (Å²) in [5.41, 5.74) is 1.50. The van der Waals surface area contributed by atoms with E-state index in [0.717, 1.165) is 0 Å². The minimum absolute atomic E-state index is 0.000360. The first kappa shape index (κ1) is 24.1. The Balaban J connectivity index is 2.52. The van der Waals surface area contributed by atoms with Gasteiger partial charge in [0.1, 0.15) is 11.4 Å². The van der Waals surface area contributed by atoms with E-state index >= 15 is 0 Å². The number of rotatable bonds is 10. The van der Waals surface area contributed by atoms with Gasteiger partial charge in [-0.05, 0) is 55.1 Å². The van der Waals surface area contributed by atoms with Crippen LogP contribution in [0.1, 0.15) is 26.2 Å². The molecule has 0 saturated heterocycles. The molecule has 7 nitrogen and oxygen atoms in total. The summed E-state index contributed by atoms with van der Waals surface area (Å²) in [7, 11) is 0. The molecule has 0 radical (unpaired) electrons. The van der Waals surface area contributed by atoms with Crippen molar-refractivity contribution in [3.8, 4) is 0 Å². The number of carbonyl (C=O) groups is 1. The Kier molecular flexibility index (Phi) is 9.46. The molecule has 1 amide bonds. The lowest BCUT2D eigenvalue weighted by Crippen LogP contribution is -2.17. The van der Waals surface area contributed by atoms with Crippen LogP contribution in [0, 0.1) is 4.91 Å². The number of azo groups is 1. The monoisotopic (exact) mass is 430 g/mol. The normalized spacial score (nSPS) is 15.1. The number of nitrogens with zero attached hydrogens (tertiary/aromatic N) is 3. The SMILES string of the molecule is C=CC/C=C(C(=O)Nc1ccccc1)\C(O)=C(\N=NC1=C(N=O)C=CCC1)C(=C)/C=C\C. The van der Waals surface area contributed by atoms with Gasteiger partial charge in [0.15, 0.2) is 5.76 Å². The zero-order valence-electron chi connectivity index (χ0n) is 18.0. The van der Waals surface area contributed by atoms with Gasteiger partial charge in [-0.15, -0.1) is 16.6 Å². The Labute approximate surface area is 187 Å². The third kappa shape index (κ3) is 6.70. The second-order valence-corrected chi connectivity index (χ2v) is 6.75. The second-order valence-electron chi connectivity index (χ2n) is 6.75. The van der Waals surface area contributed by atoms with Gasteiger partial charge in [-0.1, -0.05) is 55.2 Å². The van der Waals surface area contributed by atoms with Gasteiger partial charge in [-0.25, -0.2) is 0 Å². The van der Waals surface area contributed by atoms with Crippen LogP contribution < -0.4 is 5.32 Å². The van der Waals surface area contributed by atoms with Crippen molar-refractivity contribution in [1.29, 1.82) is 0 Å². The van der Waals surface area contributed by atoms with Gasteiger partial charge in [0, 0.05) is 5.69 Å². The molecule has 0 saturated carbocycles. The molecular weight excluding hydrogens is 404 g/mol. The van der Waals surface area contributed by atoms with Gasteiger partial charge in [0.2, 0.25) is 0 Å². The average Bonchev–Trinajstić information content (AvgIpc) is 2.80. The van der Waals surface area contributed by atoms with E-state index in [2.05, 4.69) is 33.9 Å². The fourth-order valence-corrected chi connectivity index (χ4v) is 2.82. The number of allylic oxidation sites excluding steroid dienone is 7. The number of aliphatic hydroxyl groups excluding tert-OH is 1. The molecule has 2 rings (SSSR count). The molecule has 7 heteroatoms. The van der Waals surface area contributed by atoms with Gasteiger partial charge in [0.25, 0.3) is 5.91 Å². The predicted octanol–water partition coefficient (Wildman–Crippen LogP) is 6.81. The largest absolute Gasteiger partial charge is 0.505 e. The summed E-state index contributed by atoms with van der Waals surface area (Å²) in [6.45, 7) is 9.37. The minimum Gasteiger partial charge on any atom is -0.505 e. The summed E-state index contributed by atoms with van der Waals surface area (Å²) in [6, 6.07) is 8.88. The van der Waals surface area contributed by atoms with E-state index in [0.29, 0.717) is 36.2 Å². The molecule has 0 unspecified atom stereocenters. The first-order valence-corrected chi connectivity index (χ1v) is 10.1. The number of benzene rings is 1. The Bertz CT molecular complexity index is 1060. The third-order valence-corrected chi connectivity index (χ3v) is 4.40. The highest BCUT2D eigenvalue weighted by molar-refractivity contribution is 6.06. The van der Waals surface area contributed by atoms with Crippen molar-refractivity contribution in [3.63, 3.8) is 0 Å². The Hall–Kier alpha value is -4.13. The second kappa shape index (κ2) is 12.5. The Morgan fingerprint density at radius 2 is 2.03 bits per heavy atom. The molecule has 1 aromatic rings. The fraction of sp³-hybridized carbons (Fsp3) is 0.160. The van der Waals surface area contributed by atoms with E-state index in [1.807, 2.05) is 12.1 Å². The molecule has 0 spiro atoms. The molecule has 2 N–H and O–H groups in total. The molecule has 1 aliphatic carbocycles. The van der Waals surface area contributed by atoms with Crippen molar-refractivity contribution in [2.24, 2.45) is 15.4 Å². The zero-order chi connectivity index (χ0) is 23.3. The van der Waals surface area contributed by atoms with E-state index < -0.39 is 5.91 Å². The summed E-state index contributed by atoms with van der Waals surface area (Å²) in [5.74, 6) is -0.911. The lowest BCUT2D eigenvalue weighted by atomic mass is 10.1. The number of carbonyl (C=O) groups excluding carboxylic acids is 1. The zero-order valence-corrected chi connectivity index (χ0v) is 18.0. The van der Waals surface area contributed by atoms with Crippen LogP contribution in [-0.4, -0.2) is 11.0 Å². The summed E-state index contributed by atoms with van der Waals surface area (Å²) < 4.78 is 0. The standard InChI is InChI=1S/C25H26N4O3/c1-4-6-15-20(25(31)26-19-13-8-7-9-14-19)24(30)23(18(3)12-5-2)28-27-21-16-10-11-17-22(21)29-32/h4-5,7-9,11-15,17,30H,1,3,6,10,16H2,2H3,(H,26,31)/b12-5-,20-15+,24-23-,28-27?. The lowest BCUT2D eigenvalue weighted by molar-refractivity contribution is -0.112. The van der Waals surface area contributed by atoms with Gasteiger partial charge >= 0.3 is 0 Å². The van der Waals surface area contributed by atoms with Gasteiger partial charge in [-0.3, -0.25) is 4.79 Å². The topological polar surface area (TPSA) is 103 Å². The summed E-state index contributed by atoms with van der Waals surface area (Å²) in [5, 5.41) is 25.0. The van der Waals surface area contributed by atoms with E-state index in [9.17, 15) is 14.8 Å². The molecule has 32 heavy (non-hydrogen) atoms. The molecule has 0 fully saturated rings. The van der Waals surface area contributed by atoms with Gasteiger partial charge in [0.05, 0.1) is 11.3 Å². The van der Waals surface area contributed by atoms with E-state index in [4.69, 9.17) is 0 Å². The molecule has 1 aromatic carbocycles. The number of para-hydroxylation sites is 1. The smallest absolute Gasteiger partial charge is 0.259 e. The maximum absolute atomic E-state index is 12.9. The Morgan fingerprint density at radius 1 is 1.28 bits per heavy atom. The minimum atomic E-state index is -0.522. The van der Waals surface area contributed by atoms with Crippen LogP contribution >= 0.6 is 0 Å². The highest BCUT2D eigenvalue weighted by Crippen LogP contribution is 2.26. The highest BCUT2D eigenvalue weighted by atomic mass is 16.3. The molecule has 1 aliphatic rings. The van der Waals surface area contributed by atoms with Crippen LogP contribution in [-0.2, 0) is 4.79 Å². The fourth-order valence-electron chi connectivity index (χ4n) is 2.82. The van der Waals surface area contributed by atoms with Gasteiger partial charge in [-0.2, -0.15) is 5.11 Å². The van der Waals surface area contributed by atoms with Crippen LogP contribution in [0.15, 0.2) is 129 Å². The first-order chi connectivity index (χ1) is 15.5. The van der Waals surface area contributed by atoms with Crippen molar-refractivity contribution in [2.45, 2.75) is 26.2 Å². The molecule has 0 atom stereocenters. The van der Waals surface area contributed by atoms with E-state index in [1.165, 1.54) is 0 Å². The Morgan fingerprint density at radius 3 is 2.69 bits per heavy atom. The first-order valence-electron chi connectivity index (χ1n) is 10.1. The average molecular weight is 431 g/mol. The van der Waals surface area contributed by atoms with Crippen LogP contribution in [0.2, 0.25) is 0 Å². The van der Waals surface area contributed by atoms with Crippen molar-refractivity contribution < 1.29 is 9.90 Å². The van der Waals surface area contributed by atoms with Crippen molar-refractivity contribution in [2.75, 3.05) is 5.32 Å². The van der Waals surface area contributed by atoms with Gasteiger partial charge < -0.3 is 10.4 Å². The predicted molar refractivity (Wildman–Crippen MR) is 128 cm³/mol. The molecular formula is C25H26N4O3. The number of hydrogen-bond acceptors (Lipinski definition) is 6. The van der Waals surface area contributed by atoms with Crippen molar-refractivity contribution >= 4 is 11.6 Å². The summed E-state index contributed by atoms with van der Waals surface area (Å²) in [6.07, 6.45) is 11.4. The van der Waals surface area contributed by atoms with E-state index in [1.54, 1.807) is 61.6 Å². The maximum atomic E-state index is 12.9. The highest BCUT2D eigenvalue weighted by Gasteiger charge is 2.20. The van der Waals surface area contributed by atoms with Crippen LogP contribution in [0.5, 0.6) is 0 Å². The number of aliphatic hydroxyl groups is 1. The van der Waals surface area contributed by atoms with Crippen molar-refractivity contribution in [3.05, 3.63) is 119 Å². The number of anilines is 1. The summed E-state index contributed by atoms with van der Waals surface area (Å²) >= 11 is 0. The molecule has 0 bridgehead atoms. The van der Waals surface area contributed by atoms with Crippen LogP contribution in [0.4, 0.5) is 5.69 Å². The lowest BCUT2D eigenvalue weighted by Gasteiger charge is -2.12. The number of nitroso groups, excluding NO2 is 1. The van der Waals surface area contributed by atoms with Crippen molar-refractivity contribution in [1.82, 2.24) is 0 Å². The molecule has 0 aliphatic heterocycles. The number of amides is 1. The summed E-state index contributed by atoms with van der Waals surface area (Å²) in [4.78, 5) is 24.0. The molecule has 0 aromatic heterocycles. The maximum Gasteiger partial charge on any atom is 0.259 e. The van der Waals surface area contributed by atoms with Crippen LogP contribution in [0.3, 0.4) is 0 Å².